The van der Waals surface area contributed by atoms with Crippen molar-refractivity contribution in [3.05, 3.63) is 108 Å². The van der Waals surface area contributed by atoms with Crippen molar-refractivity contribution in [1.82, 2.24) is 26.3 Å². The van der Waals surface area contributed by atoms with E-state index in [1.165, 1.54) is 6.92 Å². The van der Waals surface area contributed by atoms with E-state index in [1.807, 2.05) is 30.3 Å². The number of ether oxygens (including phenoxy) is 2. The number of nitrogens with one attached hydrogen (secondary N) is 5. The Kier molecular flexibility index (Phi) is 13.7. The average molecular weight is 727 g/mol. The highest BCUT2D eigenvalue weighted by Gasteiger charge is 2.32. The molecular formula is C39H46N6O8. The maximum atomic E-state index is 13.7. The van der Waals surface area contributed by atoms with E-state index in [9.17, 15) is 28.8 Å². The molecule has 53 heavy (non-hydrogen) atoms. The number of hydrogen-bond acceptors (Lipinski definition) is 8. The number of rotatable bonds is 16. The Bertz CT molecular complexity index is 1890. The quantitative estimate of drug-likeness (QED) is 0.0944. The Morgan fingerprint density at radius 2 is 1.28 bits per heavy atom. The molecule has 14 nitrogen and oxygen atoms in total. The van der Waals surface area contributed by atoms with Crippen molar-refractivity contribution in [2.45, 2.75) is 83.3 Å². The van der Waals surface area contributed by atoms with Crippen LogP contribution in [0.1, 0.15) is 50.8 Å². The van der Waals surface area contributed by atoms with E-state index in [2.05, 4.69) is 26.3 Å². The third-order valence-corrected chi connectivity index (χ3v) is 8.05. The van der Waals surface area contributed by atoms with Crippen LogP contribution in [0.25, 0.3) is 10.9 Å². The molecule has 0 aliphatic carbocycles. The molecule has 0 saturated carbocycles. The van der Waals surface area contributed by atoms with Crippen LogP contribution in [0.15, 0.2) is 91.1 Å². The predicted molar refractivity (Wildman–Crippen MR) is 197 cm³/mol. The van der Waals surface area contributed by atoms with Gasteiger partial charge in [-0.2, -0.15) is 0 Å². The molecule has 0 fully saturated rings. The summed E-state index contributed by atoms with van der Waals surface area (Å²) in [6, 6.07) is 20.1. The number of hydrogen-bond donors (Lipinski definition) is 6. The molecule has 0 bridgehead atoms. The standard InChI is InChI=1S/C39H46N6O8/c1-24(42-36(49)31(45-38(51)53-39(2,3)4)20-27-22-41-29-18-12-11-17-28(27)29)35(48)44-32(21-33(46)52-23-26-15-9-6-10-16-26)37(50)43-30(34(40)47)19-25-13-7-5-8-14-25/h5-18,22,24,30-32,41H,19-21,23H2,1-4H3,(H2,40,47)(H,42,49)(H,43,50)(H,44,48)(H,45,51)/t24-,30-,31-,32-/m0/s1. The molecule has 0 spiro atoms. The number of carbonyl (C=O) groups is 6. The van der Waals surface area contributed by atoms with Gasteiger partial charge in [-0.3, -0.25) is 24.0 Å². The lowest BCUT2D eigenvalue weighted by molar-refractivity contribution is -0.147. The first-order valence-electron chi connectivity index (χ1n) is 17.2. The molecule has 0 radical (unpaired) electrons. The summed E-state index contributed by atoms with van der Waals surface area (Å²) >= 11 is 0. The fourth-order valence-electron chi connectivity index (χ4n) is 5.37. The van der Waals surface area contributed by atoms with Gasteiger partial charge in [0, 0.05) is 29.9 Å². The zero-order valence-electron chi connectivity index (χ0n) is 30.1. The van der Waals surface area contributed by atoms with Crippen LogP contribution in [0, 0.1) is 0 Å². The van der Waals surface area contributed by atoms with Gasteiger partial charge < -0.3 is 41.5 Å². The first-order valence-corrected chi connectivity index (χ1v) is 17.2. The summed E-state index contributed by atoms with van der Waals surface area (Å²) in [6.07, 6.45) is 0.424. The third kappa shape index (κ3) is 12.5. The first-order chi connectivity index (χ1) is 25.2. The summed E-state index contributed by atoms with van der Waals surface area (Å²) in [5.74, 6) is -4.01. The largest absolute Gasteiger partial charge is 0.461 e. The van der Waals surface area contributed by atoms with Crippen LogP contribution in [0.3, 0.4) is 0 Å². The second-order valence-corrected chi connectivity index (χ2v) is 13.6. The van der Waals surface area contributed by atoms with Crippen molar-refractivity contribution in [2.24, 2.45) is 5.73 Å². The number of fused-ring (bicyclic) bond motifs is 1. The highest BCUT2D eigenvalue weighted by Crippen LogP contribution is 2.20. The predicted octanol–water partition coefficient (Wildman–Crippen LogP) is 2.94. The molecule has 0 unspecified atom stereocenters. The molecule has 280 valence electrons. The zero-order valence-corrected chi connectivity index (χ0v) is 30.1. The summed E-state index contributed by atoms with van der Waals surface area (Å²) in [4.78, 5) is 81.9. The van der Waals surface area contributed by atoms with E-state index in [1.54, 1.807) is 81.6 Å². The zero-order chi connectivity index (χ0) is 38.5. The van der Waals surface area contributed by atoms with E-state index < -0.39 is 71.9 Å². The van der Waals surface area contributed by atoms with Crippen LogP contribution in [0.2, 0.25) is 0 Å². The molecule has 0 aliphatic heterocycles. The van der Waals surface area contributed by atoms with E-state index in [-0.39, 0.29) is 19.4 Å². The normalized spacial score (nSPS) is 13.4. The molecule has 4 atom stereocenters. The fraction of sp³-hybridized carbons (Fsp3) is 0.333. The highest BCUT2D eigenvalue weighted by atomic mass is 16.6. The molecule has 0 saturated heterocycles. The lowest BCUT2D eigenvalue weighted by atomic mass is 10.0. The Hall–Kier alpha value is -6.18. The van der Waals surface area contributed by atoms with Crippen molar-refractivity contribution < 1.29 is 38.2 Å². The van der Waals surface area contributed by atoms with E-state index >= 15 is 0 Å². The number of nitrogens with two attached hydrogens (primary N) is 1. The number of aromatic amines is 1. The van der Waals surface area contributed by atoms with Gasteiger partial charge in [0.15, 0.2) is 0 Å². The third-order valence-electron chi connectivity index (χ3n) is 8.05. The maximum absolute atomic E-state index is 13.7. The molecule has 4 rings (SSSR count). The van der Waals surface area contributed by atoms with Gasteiger partial charge in [0.2, 0.25) is 23.6 Å². The second kappa shape index (κ2) is 18.4. The van der Waals surface area contributed by atoms with E-state index in [0.29, 0.717) is 5.56 Å². The monoisotopic (exact) mass is 726 g/mol. The van der Waals surface area contributed by atoms with Crippen LogP contribution < -0.4 is 27.0 Å². The molecule has 3 aromatic carbocycles. The number of primary amides is 1. The lowest BCUT2D eigenvalue weighted by Gasteiger charge is -2.25. The van der Waals surface area contributed by atoms with Crippen molar-refractivity contribution in [1.29, 1.82) is 0 Å². The minimum Gasteiger partial charge on any atom is -0.461 e. The summed E-state index contributed by atoms with van der Waals surface area (Å²) < 4.78 is 10.7. The molecule has 5 amide bonds. The van der Waals surface area contributed by atoms with Crippen molar-refractivity contribution in [3.8, 4) is 0 Å². The van der Waals surface area contributed by atoms with Gasteiger partial charge in [-0.1, -0.05) is 78.9 Å². The lowest BCUT2D eigenvalue weighted by Crippen LogP contribution is -2.58. The topological polar surface area (TPSA) is 211 Å². The highest BCUT2D eigenvalue weighted by molar-refractivity contribution is 5.96. The minimum atomic E-state index is -1.51. The summed E-state index contributed by atoms with van der Waals surface area (Å²) in [5.41, 5.74) is 7.76. The fourth-order valence-corrected chi connectivity index (χ4v) is 5.37. The maximum Gasteiger partial charge on any atom is 0.408 e. The van der Waals surface area contributed by atoms with Gasteiger partial charge >= 0.3 is 12.1 Å². The van der Waals surface area contributed by atoms with Crippen LogP contribution >= 0.6 is 0 Å². The average Bonchev–Trinajstić information content (AvgIpc) is 3.52. The molecule has 14 heteroatoms. The van der Waals surface area contributed by atoms with Gasteiger partial charge in [0.25, 0.3) is 0 Å². The Morgan fingerprint density at radius 3 is 1.92 bits per heavy atom. The van der Waals surface area contributed by atoms with Gasteiger partial charge in [0.1, 0.15) is 36.4 Å². The Labute approximate surface area is 307 Å². The number of esters is 1. The van der Waals surface area contributed by atoms with E-state index in [4.69, 9.17) is 15.2 Å². The number of H-pyrrole nitrogens is 1. The molecular weight excluding hydrogens is 680 g/mol. The van der Waals surface area contributed by atoms with E-state index in [0.717, 1.165) is 22.0 Å². The second-order valence-electron chi connectivity index (χ2n) is 13.6. The smallest absolute Gasteiger partial charge is 0.408 e. The Balaban J connectivity index is 1.49. The number of carbonyl (C=O) groups excluding carboxylic acids is 6. The van der Waals surface area contributed by atoms with Gasteiger partial charge in [0.05, 0.1) is 6.42 Å². The van der Waals surface area contributed by atoms with Crippen molar-refractivity contribution in [2.75, 3.05) is 0 Å². The first kappa shape index (κ1) is 39.6. The number of benzene rings is 3. The number of amides is 5. The van der Waals surface area contributed by atoms with Crippen LogP contribution in [-0.4, -0.2) is 70.4 Å². The number of aromatic nitrogens is 1. The van der Waals surface area contributed by atoms with Gasteiger partial charge in [-0.15, -0.1) is 0 Å². The van der Waals surface area contributed by atoms with Crippen LogP contribution in [-0.2, 0) is 52.9 Å². The molecule has 1 aromatic heterocycles. The minimum absolute atomic E-state index is 0.0532. The van der Waals surface area contributed by atoms with Gasteiger partial charge in [-0.25, -0.2) is 4.79 Å². The van der Waals surface area contributed by atoms with Crippen molar-refractivity contribution in [3.63, 3.8) is 0 Å². The molecule has 1 heterocycles. The molecule has 0 aliphatic rings. The number of alkyl carbamates (subject to hydrolysis) is 1. The van der Waals surface area contributed by atoms with Gasteiger partial charge in [-0.05, 0) is 50.5 Å². The van der Waals surface area contributed by atoms with Crippen molar-refractivity contribution >= 4 is 46.6 Å². The molecule has 4 aromatic rings. The van der Waals surface area contributed by atoms with Crippen LogP contribution in [0.5, 0.6) is 0 Å². The Morgan fingerprint density at radius 1 is 0.698 bits per heavy atom. The van der Waals surface area contributed by atoms with Crippen LogP contribution in [0.4, 0.5) is 4.79 Å². The molecule has 7 N–H and O–H groups in total. The summed E-state index contributed by atoms with van der Waals surface area (Å²) in [5, 5.41) is 11.1. The summed E-state index contributed by atoms with van der Waals surface area (Å²) in [7, 11) is 0. The SMILES string of the molecule is C[C@H](NC(=O)[C@H](Cc1c[nH]c2ccccc12)NC(=O)OC(C)(C)C)C(=O)N[C@@H](CC(=O)OCc1ccccc1)C(=O)N[C@@H](Cc1ccccc1)C(N)=O. The number of para-hydroxylation sites is 1. The summed E-state index contributed by atoms with van der Waals surface area (Å²) in [6.45, 7) is 6.36.